The van der Waals surface area contributed by atoms with Crippen LogP contribution in [0.15, 0.2) is 28.7 Å². The fraction of sp³-hybridized carbons (Fsp3) is 0.500. The molecule has 1 aliphatic heterocycles. The Bertz CT molecular complexity index is 351. The summed E-state index contributed by atoms with van der Waals surface area (Å²) >= 11 is 3.47. The molecule has 16 heavy (non-hydrogen) atoms. The first-order valence-corrected chi connectivity index (χ1v) is 6.25. The Morgan fingerprint density at radius 3 is 2.75 bits per heavy atom. The average Bonchev–Trinajstić information content (AvgIpc) is 2.76. The highest BCUT2D eigenvalue weighted by molar-refractivity contribution is 9.10. The molecular formula is C12H16BrNO2. The molecule has 0 aromatic heterocycles. The second-order valence-electron chi connectivity index (χ2n) is 3.81. The largest absolute Gasteiger partial charge is 0.343 e. The first kappa shape index (κ1) is 12.0. The molecule has 3 nitrogen and oxygen atoms in total. The predicted octanol–water partition coefficient (Wildman–Crippen LogP) is 2.26. The summed E-state index contributed by atoms with van der Waals surface area (Å²) in [6, 6.07) is 8.11. The van der Waals surface area contributed by atoms with Crippen LogP contribution in [0, 0.1) is 0 Å². The van der Waals surface area contributed by atoms with Crippen molar-refractivity contribution in [3.05, 3.63) is 34.3 Å². The van der Waals surface area contributed by atoms with Gasteiger partial charge in [-0.15, -0.1) is 0 Å². The molecule has 0 atom stereocenters. The van der Waals surface area contributed by atoms with Gasteiger partial charge in [0, 0.05) is 23.0 Å². The van der Waals surface area contributed by atoms with Crippen LogP contribution in [-0.2, 0) is 15.3 Å². The number of hydrogen-bond donors (Lipinski definition) is 1. The minimum Gasteiger partial charge on any atom is -0.343 e. The first-order chi connectivity index (χ1) is 7.77. The van der Waals surface area contributed by atoms with Crippen molar-refractivity contribution >= 4 is 15.9 Å². The number of hydrogen-bond acceptors (Lipinski definition) is 3. The minimum atomic E-state index is -0.563. The highest BCUT2D eigenvalue weighted by atomic mass is 79.9. The molecule has 0 amide bonds. The monoisotopic (exact) mass is 285 g/mol. The van der Waals surface area contributed by atoms with Crippen LogP contribution in [0.25, 0.3) is 0 Å². The molecule has 0 aliphatic carbocycles. The Kier molecular flexibility index (Phi) is 3.97. The normalized spacial score (nSPS) is 18.9. The second kappa shape index (κ2) is 5.27. The number of rotatable bonds is 4. The average molecular weight is 286 g/mol. The maximum Gasteiger partial charge on any atom is 0.196 e. The summed E-state index contributed by atoms with van der Waals surface area (Å²) in [4.78, 5) is 0. The summed E-state index contributed by atoms with van der Waals surface area (Å²) in [5.41, 5.74) is 1.08. The van der Waals surface area contributed by atoms with E-state index in [2.05, 4.69) is 27.3 Å². The summed E-state index contributed by atoms with van der Waals surface area (Å²) in [5.74, 6) is -0.563. The van der Waals surface area contributed by atoms with Crippen molar-refractivity contribution in [2.45, 2.75) is 12.2 Å². The lowest BCUT2D eigenvalue weighted by molar-refractivity contribution is -0.169. The quantitative estimate of drug-likeness (QED) is 0.921. The molecule has 1 saturated heterocycles. The van der Waals surface area contributed by atoms with Gasteiger partial charge in [-0.1, -0.05) is 28.1 Å². The van der Waals surface area contributed by atoms with Crippen molar-refractivity contribution in [3.8, 4) is 0 Å². The molecule has 1 heterocycles. The molecule has 0 bridgehead atoms. The lowest BCUT2D eigenvalue weighted by Crippen LogP contribution is -2.31. The Balaban J connectivity index is 2.24. The first-order valence-electron chi connectivity index (χ1n) is 5.45. The van der Waals surface area contributed by atoms with Crippen molar-refractivity contribution in [2.24, 2.45) is 0 Å². The zero-order chi connectivity index (χ0) is 11.4. The van der Waals surface area contributed by atoms with E-state index >= 15 is 0 Å². The smallest absolute Gasteiger partial charge is 0.196 e. The predicted molar refractivity (Wildman–Crippen MR) is 66.3 cm³/mol. The summed E-state index contributed by atoms with van der Waals surface area (Å²) < 4.78 is 12.7. The molecule has 1 N–H and O–H groups in total. The van der Waals surface area contributed by atoms with Crippen LogP contribution >= 0.6 is 15.9 Å². The zero-order valence-electron chi connectivity index (χ0n) is 9.33. The topological polar surface area (TPSA) is 30.5 Å². The second-order valence-corrected chi connectivity index (χ2v) is 4.73. The van der Waals surface area contributed by atoms with Crippen LogP contribution in [-0.4, -0.2) is 26.8 Å². The van der Waals surface area contributed by atoms with Crippen LogP contribution in [0.4, 0.5) is 0 Å². The molecular weight excluding hydrogens is 270 g/mol. The molecule has 4 heteroatoms. The number of benzene rings is 1. The number of halogens is 1. The van der Waals surface area contributed by atoms with Crippen LogP contribution < -0.4 is 5.32 Å². The van der Waals surface area contributed by atoms with Gasteiger partial charge in [0.05, 0.1) is 13.2 Å². The Morgan fingerprint density at radius 1 is 1.38 bits per heavy atom. The van der Waals surface area contributed by atoms with E-state index in [9.17, 15) is 0 Å². The summed E-state index contributed by atoms with van der Waals surface area (Å²) in [6.45, 7) is 2.19. The van der Waals surface area contributed by atoms with E-state index in [-0.39, 0.29) is 0 Å². The van der Waals surface area contributed by atoms with Crippen molar-refractivity contribution in [2.75, 3.05) is 26.8 Å². The van der Waals surface area contributed by atoms with Crippen molar-refractivity contribution < 1.29 is 9.47 Å². The maximum atomic E-state index is 5.80. The van der Waals surface area contributed by atoms with Crippen LogP contribution in [0.5, 0.6) is 0 Å². The van der Waals surface area contributed by atoms with E-state index in [4.69, 9.17) is 9.47 Å². The Hall–Kier alpha value is -0.420. The zero-order valence-corrected chi connectivity index (χ0v) is 10.9. The lowest BCUT2D eigenvalue weighted by atomic mass is 10.0. The van der Waals surface area contributed by atoms with E-state index in [0.717, 1.165) is 23.0 Å². The van der Waals surface area contributed by atoms with Gasteiger partial charge in [0.1, 0.15) is 0 Å². The fourth-order valence-corrected chi connectivity index (χ4v) is 2.32. The van der Waals surface area contributed by atoms with Crippen molar-refractivity contribution in [3.63, 3.8) is 0 Å². The van der Waals surface area contributed by atoms with E-state index in [1.54, 1.807) is 0 Å². The maximum absolute atomic E-state index is 5.80. The lowest BCUT2D eigenvalue weighted by Gasteiger charge is -2.28. The van der Waals surface area contributed by atoms with Crippen LogP contribution in [0.3, 0.4) is 0 Å². The molecule has 1 aromatic carbocycles. The summed E-state index contributed by atoms with van der Waals surface area (Å²) in [7, 11) is 1.93. The SMILES string of the molecule is CNCCC1(c2cccc(Br)c2)OCCO1. The summed E-state index contributed by atoms with van der Waals surface area (Å²) in [5, 5.41) is 3.13. The molecule has 0 radical (unpaired) electrons. The van der Waals surface area contributed by atoms with Crippen LogP contribution in [0.2, 0.25) is 0 Å². The van der Waals surface area contributed by atoms with E-state index in [0.29, 0.717) is 13.2 Å². The molecule has 1 aromatic rings. The van der Waals surface area contributed by atoms with Gasteiger partial charge in [0.25, 0.3) is 0 Å². The third kappa shape index (κ3) is 2.46. The van der Waals surface area contributed by atoms with Crippen molar-refractivity contribution in [1.29, 1.82) is 0 Å². The molecule has 1 fully saturated rings. The molecule has 0 saturated carbocycles. The highest BCUT2D eigenvalue weighted by Crippen LogP contribution is 2.35. The van der Waals surface area contributed by atoms with Crippen molar-refractivity contribution in [1.82, 2.24) is 5.32 Å². The molecule has 88 valence electrons. The van der Waals surface area contributed by atoms with Gasteiger partial charge in [0.15, 0.2) is 5.79 Å². The van der Waals surface area contributed by atoms with Gasteiger partial charge >= 0.3 is 0 Å². The van der Waals surface area contributed by atoms with E-state index < -0.39 is 5.79 Å². The summed E-state index contributed by atoms with van der Waals surface area (Å²) in [6.07, 6.45) is 0.819. The molecule has 1 aliphatic rings. The fourth-order valence-electron chi connectivity index (χ4n) is 1.93. The number of nitrogens with one attached hydrogen (secondary N) is 1. The van der Waals surface area contributed by atoms with Gasteiger partial charge in [-0.05, 0) is 19.2 Å². The van der Waals surface area contributed by atoms with Gasteiger partial charge in [-0.3, -0.25) is 0 Å². The Labute approximate surface area is 104 Å². The molecule has 0 unspecified atom stereocenters. The Morgan fingerprint density at radius 2 is 2.12 bits per heavy atom. The van der Waals surface area contributed by atoms with E-state index in [1.807, 2.05) is 25.2 Å². The van der Waals surface area contributed by atoms with E-state index in [1.165, 1.54) is 0 Å². The highest BCUT2D eigenvalue weighted by Gasteiger charge is 2.37. The third-order valence-corrected chi connectivity index (χ3v) is 3.22. The van der Waals surface area contributed by atoms with Gasteiger partial charge < -0.3 is 14.8 Å². The number of ether oxygens (including phenoxy) is 2. The minimum absolute atomic E-state index is 0.563. The standard InChI is InChI=1S/C12H16BrNO2/c1-14-6-5-12(15-7-8-16-12)10-3-2-4-11(13)9-10/h2-4,9,14H,5-8H2,1H3. The molecule has 0 spiro atoms. The van der Waals surface area contributed by atoms with Gasteiger partial charge in [-0.2, -0.15) is 0 Å². The van der Waals surface area contributed by atoms with Gasteiger partial charge in [-0.25, -0.2) is 0 Å². The van der Waals surface area contributed by atoms with Gasteiger partial charge in [0.2, 0.25) is 0 Å². The van der Waals surface area contributed by atoms with Crippen LogP contribution in [0.1, 0.15) is 12.0 Å². The third-order valence-electron chi connectivity index (χ3n) is 2.72. The molecule has 2 rings (SSSR count).